The Morgan fingerprint density at radius 3 is 2.71 bits per heavy atom. The van der Waals surface area contributed by atoms with Crippen LogP contribution in [0.15, 0.2) is 42.6 Å². The molecule has 1 aromatic heterocycles. The first kappa shape index (κ1) is 16.7. The number of amides is 1. The molecule has 2 heterocycles. The Kier molecular flexibility index (Phi) is 5.26. The fourth-order valence-electron chi connectivity index (χ4n) is 3.15. The molecule has 1 aliphatic rings. The van der Waals surface area contributed by atoms with Crippen molar-refractivity contribution in [2.24, 2.45) is 0 Å². The van der Waals surface area contributed by atoms with Crippen LogP contribution >= 0.6 is 0 Å². The summed E-state index contributed by atoms with van der Waals surface area (Å²) in [4.78, 5) is 19.4. The summed E-state index contributed by atoms with van der Waals surface area (Å²) in [5.41, 5.74) is 3.47. The van der Waals surface area contributed by atoms with Crippen LogP contribution in [0.2, 0.25) is 0 Å². The second-order valence-electron chi connectivity index (χ2n) is 6.26. The molecule has 0 bridgehead atoms. The lowest BCUT2D eigenvalue weighted by atomic mass is 10.00. The third-order valence-electron chi connectivity index (χ3n) is 4.66. The third kappa shape index (κ3) is 3.49. The van der Waals surface area contributed by atoms with Crippen molar-refractivity contribution in [1.29, 1.82) is 0 Å². The fraction of sp³-hybridized carbons (Fsp3) is 0.400. The minimum Gasteiger partial charge on any atom is -0.377 e. The lowest BCUT2D eigenvalue weighted by Gasteiger charge is -2.27. The summed E-state index contributed by atoms with van der Waals surface area (Å²) >= 11 is 0. The molecule has 1 atom stereocenters. The Bertz CT molecular complexity index is 708. The molecule has 0 radical (unpaired) electrons. The molecular formula is C20H24N2O2. The van der Waals surface area contributed by atoms with Gasteiger partial charge in [0.1, 0.15) is 0 Å². The molecule has 0 N–H and O–H groups in total. The second-order valence-corrected chi connectivity index (χ2v) is 6.26. The smallest absolute Gasteiger partial charge is 0.256 e. The average molecular weight is 324 g/mol. The van der Waals surface area contributed by atoms with Crippen LogP contribution in [0.25, 0.3) is 11.3 Å². The van der Waals surface area contributed by atoms with Gasteiger partial charge in [0.2, 0.25) is 0 Å². The summed E-state index contributed by atoms with van der Waals surface area (Å²) in [6, 6.07) is 11.8. The van der Waals surface area contributed by atoms with Gasteiger partial charge in [-0.3, -0.25) is 9.78 Å². The highest BCUT2D eigenvalue weighted by molar-refractivity contribution is 5.99. The number of hydrogen-bond donors (Lipinski definition) is 0. The van der Waals surface area contributed by atoms with Crippen molar-refractivity contribution >= 4 is 5.91 Å². The molecule has 2 aromatic rings. The van der Waals surface area contributed by atoms with Crippen LogP contribution in [-0.2, 0) is 4.74 Å². The van der Waals surface area contributed by atoms with E-state index in [1.807, 2.05) is 42.2 Å². The van der Waals surface area contributed by atoms with E-state index in [-0.39, 0.29) is 12.0 Å². The summed E-state index contributed by atoms with van der Waals surface area (Å²) in [6.45, 7) is 3.69. The lowest BCUT2D eigenvalue weighted by Crippen LogP contribution is -2.35. The molecule has 0 saturated carbocycles. The first-order valence-electron chi connectivity index (χ1n) is 8.58. The van der Waals surface area contributed by atoms with Crippen LogP contribution in [0.3, 0.4) is 0 Å². The van der Waals surface area contributed by atoms with E-state index >= 15 is 0 Å². The molecule has 4 nitrogen and oxygen atoms in total. The van der Waals surface area contributed by atoms with E-state index in [0.29, 0.717) is 5.56 Å². The molecule has 4 heteroatoms. The van der Waals surface area contributed by atoms with Crippen molar-refractivity contribution in [2.45, 2.75) is 32.3 Å². The molecule has 0 spiro atoms. The highest BCUT2D eigenvalue weighted by atomic mass is 16.5. The Balaban J connectivity index is 1.96. The minimum absolute atomic E-state index is 0.00917. The monoisotopic (exact) mass is 324 g/mol. The van der Waals surface area contributed by atoms with Gasteiger partial charge in [-0.1, -0.05) is 18.2 Å². The predicted molar refractivity (Wildman–Crippen MR) is 94.9 cm³/mol. The van der Waals surface area contributed by atoms with Gasteiger partial charge in [-0.05, 0) is 49.9 Å². The number of methoxy groups -OCH3 is 1. The lowest BCUT2D eigenvalue weighted by molar-refractivity contribution is 0.0725. The van der Waals surface area contributed by atoms with Crippen molar-refractivity contribution in [1.82, 2.24) is 9.88 Å². The first-order valence-corrected chi connectivity index (χ1v) is 8.58. The largest absolute Gasteiger partial charge is 0.377 e. The molecule has 0 aliphatic carbocycles. The van der Waals surface area contributed by atoms with Gasteiger partial charge in [0.25, 0.3) is 5.91 Å². The van der Waals surface area contributed by atoms with Crippen LogP contribution in [0.1, 0.15) is 48.2 Å². The number of ether oxygens (including phenoxy) is 1. The van der Waals surface area contributed by atoms with E-state index < -0.39 is 0 Å². The fourth-order valence-corrected chi connectivity index (χ4v) is 3.15. The summed E-state index contributed by atoms with van der Waals surface area (Å²) in [7, 11) is 1.70. The van der Waals surface area contributed by atoms with Gasteiger partial charge in [0.15, 0.2) is 0 Å². The first-order chi connectivity index (χ1) is 11.7. The Morgan fingerprint density at radius 2 is 1.96 bits per heavy atom. The molecule has 1 aliphatic heterocycles. The number of rotatable bonds is 4. The molecule has 0 unspecified atom stereocenters. The molecule has 3 rings (SSSR count). The van der Waals surface area contributed by atoms with Crippen molar-refractivity contribution in [3.8, 4) is 11.3 Å². The van der Waals surface area contributed by atoms with Crippen LogP contribution in [-0.4, -0.2) is 36.0 Å². The number of nitrogens with zero attached hydrogens (tertiary/aromatic N) is 2. The van der Waals surface area contributed by atoms with Gasteiger partial charge in [-0.15, -0.1) is 0 Å². The minimum atomic E-state index is 0.00917. The highest BCUT2D eigenvalue weighted by Gasteiger charge is 2.22. The van der Waals surface area contributed by atoms with Gasteiger partial charge in [-0.2, -0.15) is 0 Å². The van der Waals surface area contributed by atoms with E-state index in [1.165, 1.54) is 6.42 Å². The van der Waals surface area contributed by atoms with E-state index in [0.717, 1.165) is 42.8 Å². The van der Waals surface area contributed by atoms with Crippen molar-refractivity contribution < 1.29 is 9.53 Å². The normalized spacial score (nSPS) is 16.0. The van der Waals surface area contributed by atoms with Gasteiger partial charge < -0.3 is 9.64 Å². The number of carbonyl (C=O) groups is 1. The Labute approximate surface area is 143 Å². The number of benzene rings is 1. The van der Waals surface area contributed by atoms with Gasteiger partial charge in [0.05, 0.1) is 17.4 Å². The maximum Gasteiger partial charge on any atom is 0.256 e. The number of carbonyl (C=O) groups excluding carboxylic acids is 1. The van der Waals surface area contributed by atoms with E-state index in [9.17, 15) is 4.79 Å². The zero-order chi connectivity index (χ0) is 16.9. The molecule has 1 amide bonds. The topological polar surface area (TPSA) is 42.4 Å². The maximum atomic E-state index is 12.9. The van der Waals surface area contributed by atoms with Crippen molar-refractivity contribution in [3.63, 3.8) is 0 Å². The van der Waals surface area contributed by atoms with E-state index in [1.54, 1.807) is 13.3 Å². The molecule has 1 saturated heterocycles. The van der Waals surface area contributed by atoms with Crippen LogP contribution in [0.4, 0.5) is 0 Å². The summed E-state index contributed by atoms with van der Waals surface area (Å²) in [5, 5.41) is 0. The standard InChI is InChI=1S/C20H24N2O2/c1-15(24-2)16-8-6-9-17(14-16)19-18(10-7-11-21-19)20(23)22-12-4-3-5-13-22/h6-11,14-15H,3-5,12-13H2,1-2H3/t15-/m1/s1. The molecule has 1 aromatic carbocycles. The van der Waals surface area contributed by atoms with E-state index in [2.05, 4.69) is 11.1 Å². The van der Waals surface area contributed by atoms with Gasteiger partial charge in [-0.25, -0.2) is 0 Å². The van der Waals surface area contributed by atoms with E-state index in [4.69, 9.17) is 4.74 Å². The Morgan fingerprint density at radius 1 is 1.17 bits per heavy atom. The number of hydrogen-bond acceptors (Lipinski definition) is 3. The highest BCUT2D eigenvalue weighted by Crippen LogP contribution is 2.27. The number of likely N-dealkylation sites (tertiary alicyclic amines) is 1. The zero-order valence-electron chi connectivity index (χ0n) is 14.4. The predicted octanol–water partition coefficient (Wildman–Crippen LogP) is 4.08. The second kappa shape index (κ2) is 7.58. The van der Waals surface area contributed by atoms with Crippen molar-refractivity contribution in [3.05, 3.63) is 53.7 Å². The maximum absolute atomic E-state index is 12.9. The quantitative estimate of drug-likeness (QED) is 0.851. The molecular weight excluding hydrogens is 300 g/mol. The van der Waals surface area contributed by atoms with Gasteiger partial charge in [0, 0.05) is 32.0 Å². The van der Waals surface area contributed by atoms with Crippen LogP contribution in [0, 0.1) is 0 Å². The number of piperidine rings is 1. The zero-order valence-corrected chi connectivity index (χ0v) is 14.4. The van der Waals surface area contributed by atoms with Crippen LogP contribution < -0.4 is 0 Å². The summed E-state index contributed by atoms with van der Waals surface area (Å²) < 4.78 is 5.40. The summed E-state index contributed by atoms with van der Waals surface area (Å²) in [6.07, 6.45) is 5.13. The third-order valence-corrected chi connectivity index (χ3v) is 4.66. The molecule has 126 valence electrons. The van der Waals surface area contributed by atoms with Crippen LogP contribution in [0.5, 0.6) is 0 Å². The molecule has 1 fully saturated rings. The Hall–Kier alpha value is -2.20. The SMILES string of the molecule is CO[C@H](C)c1cccc(-c2ncccc2C(=O)N2CCCCC2)c1. The number of aromatic nitrogens is 1. The van der Waals surface area contributed by atoms with Gasteiger partial charge >= 0.3 is 0 Å². The summed E-state index contributed by atoms with van der Waals surface area (Å²) in [5.74, 6) is 0.0861. The van der Waals surface area contributed by atoms with Crippen molar-refractivity contribution in [2.75, 3.05) is 20.2 Å². The average Bonchev–Trinajstić information content (AvgIpc) is 2.67. The number of pyridine rings is 1. The molecule has 24 heavy (non-hydrogen) atoms.